The van der Waals surface area contributed by atoms with E-state index in [9.17, 15) is 4.79 Å². The van der Waals surface area contributed by atoms with Gasteiger partial charge in [-0.2, -0.15) is 0 Å². The van der Waals surface area contributed by atoms with E-state index >= 15 is 0 Å². The molecule has 1 aliphatic rings. The minimum atomic E-state index is 0.0503. The number of nitrogens with zero attached hydrogens (tertiary/aromatic N) is 1. The summed E-state index contributed by atoms with van der Waals surface area (Å²) in [6.45, 7) is 1.49. The van der Waals surface area contributed by atoms with E-state index in [1.165, 1.54) is 0 Å². The smallest absolute Gasteiger partial charge is 0.253 e. The second-order valence-corrected chi connectivity index (χ2v) is 5.20. The van der Waals surface area contributed by atoms with Crippen molar-refractivity contribution in [3.63, 3.8) is 0 Å². The molecule has 0 aliphatic carbocycles. The molecule has 0 atom stereocenters. The highest BCUT2D eigenvalue weighted by Crippen LogP contribution is 2.22. The van der Waals surface area contributed by atoms with Crippen molar-refractivity contribution >= 4 is 5.91 Å². The van der Waals surface area contributed by atoms with Crippen LogP contribution in [0.3, 0.4) is 0 Å². The molecule has 0 aromatic heterocycles. The number of hydrogen-bond donors (Lipinski definition) is 1. The predicted molar refractivity (Wildman–Crippen MR) is 78.4 cm³/mol. The van der Waals surface area contributed by atoms with Crippen LogP contribution in [0.4, 0.5) is 0 Å². The molecule has 102 valence electrons. The molecule has 1 saturated heterocycles. The summed E-state index contributed by atoms with van der Waals surface area (Å²) in [6.07, 6.45) is 0. The Morgan fingerprint density at radius 3 is 2.20 bits per heavy atom. The summed E-state index contributed by atoms with van der Waals surface area (Å²) < 4.78 is 0. The summed E-state index contributed by atoms with van der Waals surface area (Å²) in [6, 6.07) is 17.8. The number of rotatable bonds is 3. The molecule has 1 aliphatic heterocycles. The average Bonchev–Trinajstić information content (AvgIpc) is 2.47. The molecule has 1 fully saturated rings. The van der Waals surface area contributed by atoms with Crippen molar-refractivity contribution in [3.8, 4) is 11.1 Å². The molecular formula is C17H17NO2. The molecule has 20 heavy (non-hydrogen) atoms. The van der Waals surface area contributed by atoms with Gasteiger partial charge in [-0.1, -0.05) is 42.5 Å². The normalized spacial score (nSPS) is 14.9. The van der Waals surface area contributed by atoms with Gasteiger partial charge in [-0.3, -0.25) is 4.79 Å². The molecular weight excluding hydrogens is 250 g/mol. The molecule has 0 saturated carbocycles. The van der Waals surface area contributed by atoms with Gasteiger partial charge in [0, 0.05) is 31.2 Å². The van der Waals surface area contributed by atoms with E-state index in [1.54, 1.807) is 4.90 Å². The summed E-state index contributed by atoms with van der Waals surface area (Å²) in [5.74, 6) is 0.303. The Labute approximate surface area is 118 Å². The number of aliphatic hydroxyl groups is 1. The minimum Gasteiger partial charge on any atom is -0.396 e. The predicted octanol–water partition coefficient (Wildman–Crippen LogP) is 2.42. The zero-order valence-corrected chi connectivity index (χ0v) is 11.2. The van der Waals surface area contributed by atoms with E-state index in [2.05, 4.69) is 12.1 Å². The Balaban J connectivity index is 1.72. The number of carbonyl (C=O) groups excluding carboxylic acids is 1. The van der Waals surface area contributed by atoms with Crippen LogP contribution in [-0.2, 0) is 0 Å². The van der Waals surface area contributed by atoms with Crippen LogP contribution in [0.5, 0.6) is 0 Å². The Morgan fingerprint density at radius 1 is 1.00 bits per heavy atom. The molecule has 2 aromatic rings. The van der Waals surface area contributed by atoms with Crippen molar-refractivity contribution in [2.75, 3.05) is 19.7 Å². The van der Waals surface area contributed by atoms with E-state index < -0.39 is 0 Å². The fraction of sp³-hybridized carbons (Fsp3) is 0.235. The largest absolute Gasteiger partial charge is 0.396 e. The van der Waals surface area contributed by atoms with Crippen LogP contribution in [0.15, 0.2) is 54.6 Å². The minimum absolute atomic E-state index is 0.0503. The number of benzene rings is 2. The number of amides is 1. The maximum atomic E-state index is 12.2. The maximum Gasteiger partial charge on any atom is 0.253 e. The van der Waals surface area contributed by atoms with Crippen molar-refractivity contribution < 1.29 is 9.90 Å². The lowest BCUT2D eigenvalue weighted by Crippen LogP contribution is -2.51. The number of likely N-dealkylation sites (tertiary alicyclic amines) is 1. The van der Waals surface area contributed by atoms with Gasteiger partial charge in [-0.15, -0.1) is 0 Å². The van der Waals surface area contributed by atoms with Crippen LogP contribution in [0.2, 0.25) is 0 Å². The summed E-state index contributed by atoms with van der Waals surface area (Å²) in [4.78, 5) is 14.0. The lowest BCUT2D eigenvalue weighted by molar-refractivity contribution is 0.0362. The highest BCUT2D eigenvalue weighted by molar-refractivity contribution is 5.95. The fourth-order valence-corrected chi connectivity index (χ4v) is 2.47. The SMILES string of the molecule is O=C(c1ccc(-c2ccccc2)cc1)N1CC(CO)C1. The van der Waals surface area contributed by atoms with Gasteiger partial charge in [-0.25, -0.2) is 0 Å². The van der Waals surface area contributed by atoms with Crippen LogP contribution in [-0.4, -0.2) is 35.6 Å². The summed E-state index contributed by atoms with van der Waals surface area (Å²) in [5.41, 5.74) is 2.97. The van der Waals surface area contributed by atoms with Gasteiger partial charge in [0.2, 0.25) is 0 Å². The molecule has 3 heteroatoms. The first-order valence-electron chi connectivity index (χ1n) is 6.83. The van der Waals surface area contributed by atoms with Gasteiger partial charge >= 0.3 is 0 Å². The molecule has 0 spiro atoms. The summed E-state index contributed by atoms with van der Waals surface area (Å²) >= 11 is 0. The molecule has 0 bridgehead atoms. The molecule has 0 radical (unpaired) electrons. The quantitative estimate of drug-likeness (QED) is 0.927. The van der Waals surface area contributed by atoms with E-state index in [4.69, 9.17) is 5.11 Å². The lowest BCUT2D eigenvalue weighted by atomic mass is 9.99. The van der Waals surface area contributed by atoms with Gasteiger partial charge in [0.05, 0.1) is 0 Å². The van der Waals surface area contributed by atoms with Gasteiger partial charge in [-0.05, 0) is 23.3 Å². The van der Waals surface area contributed by atoms with Gasteiger partial charge < -0.3 is 10.0 Å². The van der Waals surface area contributed by atoms with Gasteiger partial charge in [0.15, 0.2) is 0 Å². The second-order valence-electron chi connectivity index (χ2n) is 5.20. The average molecular weight is 267 g/mol. The lowest BCUT2D eigenvalue weighted by Gasteiger charge is -2.38. The van der Waals surface area contributed by atoms with Crippen molar-refractivity contribution in [1.82, 2.24) is 4.90 Å². The Kier molecular flexibility index (Phi) is 3.52. The molecule has 1 heterocycles. The number of carbonyl (C=O) groups is 1. The van der Waals surface area contributed by atoms with Crippen LogP contribution < -0.4 is 0 Å². The third-order valence-corrected chi connectivity index (χ3v) is 3.74. The Bertz CT molecular complexity index is 586. The summed E-state index contributed by atoms with van der Waals surface area (Å²) in [7, 11) is 0. The van der Waals surface area contributed by atoms with Crippen LogP contribution >= 0.6 is 0 Å². The topological polar surface area (TPSA) is 40.5 Å². The monoisotopic (exact) mass is 267 g/mol. The van der Waals surface area contributed by atoms with Crippen LogP contribution in [0.25, 0.3) is 11.1 Å². The Hall–Kier alpha value is -2.13. The zero-order valence-electron chi connectivity index (χ0n) is 11.2. The summed E-state index contributed by atoms with van der Waals surface area (Å²) in [5, 5.41) is 8.98. The highest BCUT2D eigenvalue weighted by atomic mass is 16.3. The van der Waals surface area contributed by atoms with Gasteiger partial charge in [0.1, 0.15) is 0 Å². The van der Waals surface area contributed by atoms with Gasteiger partial charge in [0.25, 0.3) is 5.91 Å². The van der Waals surface area contributed by atoms with Crippen molar-refractivity contribution in [3.05, 3.63) is 60.2 Å². The number of hydrogen-bond acceptors (Lipinski definition) is 2. The molecule has 1 N–H and O–H groups in total. The molecule has 2 aromatic carbocycles. The molecule has 3 rings (SSSR count). The van der Waals surface area contributed by atoms with Crippen LogP contribution in [0.1, 0.15) is 10.4 Å². The van der Waals surface area contributed by atoms with Crippen molar-refractivity contribution in [1.29, 1.82) is 0 Å². The second kappa shape index (κ2) is 5.47. The molecule has 3 nitrogen and oxygen atoms in total. The van der Waals surface area contributed by atoms with E-state index in [0.29, 0.717) is 18.7 Å². The van der Waals surface area contributed by atoms with E-state index in [-0.39, 0.29) is 18.4 Å². The zero-order chi connectivity index (χ0) is 13.9. The molecule has 0 unspecified atom stereocenters. The van der Waals surface area contributed by atoms with Crippen molar-refractivity contribution in [2.24, 2.45) is 5.92 Å². The highest BCUT2D eigenvalue weighted by Gasteiger charge is 2.30. The Morgan fingerprint density at radius 2 is 1.60 bits per heavy atom. The first-order valence-corrected chi connectivity index (χ1v) is 6.83. The van der Waals surface area contributed by atoms with E-state index in [1.807, 2.05) is 42.5 Å². The number of aliphatic hydroxyl groups excluding tert-OH is 1. The maximum absolute atomic E-state index is 12.2. The molecule has 1 amide bonds. The van der Waals surface area contributed by atoms with E-state index in [0.717, 1.165) is 11.1 Å². The third-order valence-electron chi connectivity index (χ3n) is 3.74. The third kappa shape index (κ3) is 2.45. The standard InChI is InChI=1S/C17H17NO2/c19-12-13-10-18(11-13)17(20)16-8-6-15(7-9-16)14-4-2-1-3-5-14/h1-9,13,19H,10-12H2. The van der Waals surface area contributed by atoms with Crippen LogP contribution in [0, 0.1) is 5.92 Å². The fourth-order valence-electron chi connectivity index (χ4n) is 2.47. The van der Waals surface area contributed by atoms with Crippen molar-refractivity contribution in [2.45, 2.75) is 0 Å². The first-order chi connectivity index (χ1) is 9.78. The first kappa shape index (κ1) is 12.9.